The van der Waals surface area contributed by atoms with Gasteiger partial charge in [0.2, 0.25) is 0 Å². The first-order chi connectivity index (χ1) is 27.6. The van der Waals surface area contributed by atoms with Crippen LogP contribution >= 0.6 is 0 Å². The molecule has 0 aliphatic carbocycles. The van der Waals surface area contributed by atoms with Gasteiger partial charge < -0.3 is 0 Å². The molecule has 0 unspecified atom stereocenters. The van der Waals surface area contributed by atoms with Crippen molar-refractivity contribution in [2.24, 2.45) is 0 Å². The summed E-state index contributed by atoms with van der Waals surface area (Å²) < 4.78 is 294. The second-order valence-electron chi connectivity index (χ2n) is 13.0. The van der Waals surface area contributed by atoms with Crippen LogP contribution < -0.4 is 21.9 Å². The predicted molar refractivity (Wildman–Crippen MR) is 181 cm³/mol. The molecule has 0 nitrogen and oxygen atoms in total. The molecule has 0 amide bonds. The number of halogens is 20. The van der Waals surface area contributed by atoms with Gasteiger partial charge in [-0.15, -0.1) is 21.9 Å². The molecule has 22 heteroatoms. The molecule has 0 radical (unpaired) electrons. The largest absolute Gasteiger partial charge is 0.207 e. The lowest BCUT2D eigenvalue weighted by Crippen LogP contribution is -2.81. The molecule has 0 fully saturated rings. The third kappa shape index (κ3) is 9.01. The summed E-state index contributed by atoms with van der Waals surface area (Å²) in [6, 6.07) is 0. The molecule has 326 valence electrons. The van der Waals surface area contributed by atoms with Gasteiger partial charge in [0.25, 0.3) is 0 Å². The van der Waals surface area contributed by atoms with E-state index in [0.29, 0.717) is 0 Å². The summed E-state index contributed by atoms with van der Waals surface area (Å²) in [6.07, 6.45) is 9.62. The molecule has 0 heterocycles. The smallest absolute Gasteiger partial charge is 0.200 e. The number of rotatable bonds is 15. The van der Waals surface area contributed by atoms with Gasteiger partial charge in [0.1, 0.15) is 58.4 Å². The molecular weight excluding hydrogens is 867 g/mol. The van der Waals surface area contributed by atoms with E-state index in [9.17, 15) is 52.7 Å². The minimum absolute atomic E-state index is 1.37. The standard InChI is InChI=1S/C24BF20.C13H28S/c26-5-1(6(27)14(35)21(42)13(5)34)25(2-7(28)15(36)22(43)16(37)8(2)29,3-9(30)17(38)23(44)18(39)10(3)31)4-11(32)19(40)24(45)20(41)12(4)33;1-3-4-5-6-7-8-9-10-11-12-13-14-2/h;3-13H2,1-2H3/q-1;/p+1. The van der Waals surface area contributed by atoms with Crippen molar-refractivity contribution < 1.29 is 87.8 Å². The summed E-state index contributed by atoms with van der Waals surface area (Å²) >= 11 is 1.57. The Kier molecular flexibility index (Phi) is 17.1. The summed E-state index contributed by atoms with van der Waals surface area (Å²) in [5, 5.41) is 0. The van der Waals surface area contributed by atoms with Crippen LogP contribution in [0.5, 0.6) is 0 Å². The normalized spacial score (nSPS) is 11.7. The lowest BCUT2D eigenvalue weighted by Gasteiger charge is -2.44. The fourth-order valence-electron chi connectivity index (χ4n) is 6.63. The van der Waals surface area contributed by atoms with Crippen LogP contribution in [0.4, 0.5) is 87.8 Å². The Balaban J connectivity index is 0.000000567. The summed E-state index contributed by atoms with van der Waals surface area (Å²) in [5.74, 6) is -70.0. The van der Waals surface area contributed by atoms with E-state index in [0.717, 1.165) is 0 Å². The fraction of sp³-hybridized carbons (Fsp3) is 0.351. The van der Waals surface area contributed by atoms with Gasteiger partial charge in [0.15, 0.2) is 69.8 Å². The first-order valence-electron chi connectivity index (χ1n) is 17.4. The van der Waals surface area contributed by atoms with Gasteiger partial charge in [-0.1, -0.05) is 58.3 Å². The number of benzene rings is 4. The molecule has 0 saturated heterocycles. The van der Waals surface area contributed by atoms with Crippen molar-refractivity contribution in [2.45, 2.75) is 71.1 Å². The third-order valence-corrected chi connectivity index (χ3v) is 10.2. The lowest BCUT2D eigenvalue weighted by atomic mass is 9.12. The minimum Gasteiger partial charge on any atom is -0.207 e. The van der Waals surface area contributed by atoms with E-state index in [-0.39, 0.29) is 0 Å². The molecular formula is C37H29BF20S. The van der Waals surface area contributed by atoms with Crippen molar-refractivity contribution in [1.82, 2.24) is 0 Å². The lowest BCUT2D eigenvalue weighted by molar-refractivity contribution is 0.378. The van der Waals surface area contributed by atoms with Crippen molar-refractivity contribution in [3.05, 3.63) is 116 Å². The quantitative estimate of drug-likeness (QED) is 0.0212. The van der Waals surface area contributed by atoms with E-state index in [1.165, 1.54) is 70.0 Å². The van der Waals surface area contributed by atoms with Crippen LogP contribution in [0.1, 0.15) is 71.1 Å². The Bertz CT molecular complexity index is 1780. The summed E-state index contributed by atoms with van der Waals surface area (Å²) in [4.78, 5) is 0. The minimum atomic E-state index is -7.22. The molecule has 0 bridgehead atoms. The van der Waals surface area contributed by atoms with Gasteiger partial charge in [-0.3, -0.25) is 0 Å². The highest BCUT2D eigenvalue weighted by atomic mass is 32.2. The van der Waals surface area contributed by atoms with Crippen molar-refractivity contribution in [1.29, 1.82) is 0 Å². The molecule has 4 aromatic carbocycles. The van der Waals surface area contributed by atoms with Crippen molar-refractivity contribution in [2.75, 3.05) is 12.0 Å². The zero-order valence-corrected chi connectivity index (χ0v) is 31.3. The van der Waals surface area contributed by atoms with Gasteiger partial charge in [-0.2, -0.15) is 0 Å². The fourth-order valence-corrected chi connectivity index (χ4v) is 7.17. The first kappa shape index (κ1) is 49.3. The maximum absolute atomic E-state index is 15.4. The van der Waals surface area contributed by atoms with Crippen molar-refractivity contribution >= 4 is 39.8 Å². The summed E-state index contributed by atoms with van der Waals surface area (Å²) in [5.41, 5.74) is -14.3. The SMILES string of the molecule is CCCCCCCCCCCC[SH+]C.Fc1c(F)c(F)c([B-](c2c(F)c(F)c(F)c(F)c2F)(c2c(F)c(F)c(F)c(F)c2F)c2c(F)c(F)c(F)c(F)c2F)c(F)c1F. The second kappa shape index (κ2) is 20.4. The molecule has 59 heavy (non-hydrogen) atoms. The van der Waals surface area contributed by atoms with E-state index in [2.05, 4.69) is 13.2 Å². The Morgan fingerprint density at radius 2 is 0.441 bits per heavy atom. The molecule has 0 saturated carbocycles. The number of unbranched alkanes of at least 4 members (excludes halogenated alkanes) is 9. The topological polar surface area (TPSA) is 0 Å². The van der Waals surface area contributed by atoms with Crippen molar-refractivity contribution in [3.8, 4) is 0 Å². The molecule has 0 spiro atoms. The summed E-state index contributed by atoms with van der Waals surface area (Å²) in [6.45, 7) is 2.28. The monoisotopic (exact) mass is 896 g/mol. The van der Waals surface area contributed by atoms with Crippen LogP contribution in [0.25, 0.3) is 0 Å². The highest BCUT2D eigenvalue weighted by molar-refractivity contribution is 7.77. The molecule has 4 rings (SSSR count). The molecule has 0 aromatic heterocycles. The number of hydrogen-bond acceptors (Lipinski definition) is 0. The molecule has 0 atom stereocenters. The van der Waals surface area contributed by atoms with Crippen LogP contribution in [0.15, 0.2) is 0 Å². The number of thiol groups is 1. The second-order valence-corrected chi connectivity index (χ2v) is 14.1. The van der Waals surface area contributed by atoms with Crippen LogP contribution in [0.2, 0.25) is 0 Å². The molecule has 0 aliphatic rings. The Hall–Kier alpha value is -4.11. The molecule has 4 aromatic rings. The zero-order valence-electron chi connectivity index (χ0n) is 30.4. The first-order valence-corrected chi connectivity index (χ1v) is 18.9. The van der Waals surface area contributed by atoms with E-state index >= 15 is 35.1 Å². The van der Waals surface area contributed by atoms with Crippen LogP contribution in [-0.4, -0.2) is 18.2 Å². The number of hydrogen-bond donors (Lipinski definition) is 0. The van der Waals surface area contributed by atoms with Gasteiger partial charge >= 0.3 is 0 Å². The molecule has 0 N–H and O–H groups in total. The van der Waals surface area contributed by atoms with E-state index in [1.54, 1.807) is 11.8 Å². The van der Waals surface area contributed by atoms with Gasteiger partial charge in [-0.05, 0) is 24.6 Å². The Labute approximate surface area is 326 Å². The highest BCUT2D eigenvalue weighted by Gasteiger charge is 2.52. The highest BCUT2D eigenvalue weighted by Crippen LogP contribution is 2.30. The Morgan fingerprint density at radius 3 is 0.627 bits per heavy atom. The van der Waals surface area contributed by atoms with E-state index < -0.39 is 144 Å². The zero-order chi connectivity index (χ0) is 44.8. The predicted octanol–water partition coefficient (Wildman–Crippen LogP) is 10.2. The third-order valence-electron chi connectivity index (χ3n) is 9.44. The summed E-state index contributed by atoms with van der Waals surface area (Å²) in [7, 11) is 0. The average Bonchev–Trinajstić information content (AvgIpc) is 3.21. The molecule has 0 aliphatic heterocycles. The van der Waals surface area contributed by atoms with E-state index in [1.807, 2.05) is 0 Å². The van der Waals surface area contributed by atoms with E-state index in [4.69, 9.17) is 0 Å². The van der Waals surface area contributed by atoms with Crippen molar-refractivity contribution in [3.63, 3.8) is 0 Å². The maximum Gasteiger partial charge on any atom is 0.200 e. The van der Waals surface area contributed by atoms with Crippen LogP contribution in [0.3, 0.4) is 0 Å². The van der Waals surface area contributed by atoms with Gasteiger partial charge in [0.05, 0.1) is 6.26 Å². The van der Waals surface area contributed by atoms with Gasteiger partial charge in [-0.25, -0.2) is 87.8 Å². The van der Waals surface area contributed by atoms with Gasteiger partial charge in [0, 0.05) is 0 Å². The van der Waals surface area contributed by atoms with Crippen LogP contribution in [0, 0.1) is 116 Å². The Morgan fingerprint density at radius 1 is 0.271 bits per heavy atom. The van der Waals surface area contributed by atoms with Crippen LogP contribution in [-0.2, 0) is 11.8 Å². The average molecular weight is 896 g/mol. The maximum atomic E-state index is 15.4.